The Labute approximate surface area is 97.1 Å². The molecule has 0 bridgehead atoms. The Kier molecular flexibility index (Phi) is 4.02. The van der Waals surface area contributed by atoms with Crippen LogP contribution in [0.3, 0.4) is 0 Å². The first-order chi connectivity index (χ1) is 7.93. The number of carbonyl (C=O) groups excluding carboxylic acids is 1. The lowest BCUT2D eigenvalue weighted by Crippen LogP contribution is -2.35. The predicted octanol–water partition coefficient (Wildman–Crippen LogP) is -0.262. The van der Waals surface area contributed by atoms with Crippen molar-refractivity contribution in [1.82, 2.24) is 15.6 Å². The Morgan fingerprint density at radius 3 is 2.53 bits per heavy atom. The van der Waals surface area contributed by atoms with Gasteiger partial charge in [-0.3, -0.25) is 9.59 Å². The van der Waals surface area contributed by atoms with Gasteiger partial charge in [0, 0.05) is 6.54 Å². The zero-order valence-electron chi connectivity index (χ0n) is 9.51. The minimum absolute atomic E-state index is 0.00185. The van der Waals surface area contributed by atoms with Crippen LogP contribution in [-0.4, -0.2) is 33.8 Å². The maximum absolute atomic E-state index is 11.5. The van der Waals surface area contributed by atoms with E-state index < -0.39 is 17.8 Å². The number of aliphatic carboxylic acids is 1. The van der Waals surface area contributed by atoms with E-state index in [0.717, 1.165) is 0 Å². The summed E-state index contributed by atoms with van der Waals surface area (Å²) in [5.41, 5.74) is 5.18. The molecule has 1 heterocycles. The SMILES string of the molecule is CC(C)C(CNC(=O)c1nonc1N)C(=O)O. The summed E-state index contributed by atoms with van der Waals surface area (Å²) in [4.78, 5) is 22.4. The van der Waals surface area contributed by atoms with Crippen molar-refractivity contribution in [2.45, 2.75) is 13.8 Å². The van der Waals surface area contributed by atoms with Gasteiger partial charge < -0.3 is 16.2 Å². The van der Waals surface area contributed by atoms with Crippen molar-refractivity contribution < 1.29 is 19.3 Å². The molecular formula is C9H14N4O4. The fourth-order valence-corrected chi connectivity index (χ4v) is 1.25. The van der Waals surface area contributed by atoms with Crippen LogP contribution < -0.4 is 11.1 Å². The van der Waals surface area contributed by atoms with Crippen LogP contribution in [0.2, 0.25) is 0 Å². The second-order valence-electron chi connectivity index (χ2n) is 3.90. The first kappa shape index (κ1) is 12.9. The van der Waals surface area contributed by atoms with Gasteiger partial charge in [-0.2, -0.15) is 0 Å². The number of nitrogen functional groups attached to an aromatic ring is 1. The Morgan fingerprint density at radius 1 is 1.47 bits per heavy atom. The van der Waals surface area contributed by atoms with E-state index >= 15 is 0 Å². The van der Waals surface area contributed by atoms with Gasteiger partial charge in [0.15, 0.2) is 0 Å². The number of carboxylic acids is 1. The van der Waals surface area contributed by atoms with Crippen molar-refractivity contribution in [1.29, 1.82) is 0 Å². The molecule has 1 atom stereocenters. The molecule has 0 radical (unpaired) electrons. The Balaban J connectivity index is 2.59. The number of hydrogen-bond donors (Lipinski definition) is 3. The fraction of sp³-hybridized carbons (Fsp3) is 0.556. The lowest BCUT2D eigenvalue weighted by molar-refractivity contribution is -0.142. The molecule has 8 heteroatoms. The molecule has 1 rings (SSSR count). The van der Waals surface area contributed by atoms with E-state index in [-0.39, 0.29) is 24.0 Å². The molecule has 0 aliphatic rings. The van der Waals surface area contributed by atoms with Crippen molar-refractivity contribution in [3.63, 3.8) is 0 Å². The third-order valence-electron chi connectivity index (χ3n) is 2.33. The first-order valence-corrected chi connectivity index (χ1v) is 5.02. The number of nitrogens with two attached hydrogens (primary N) is 1. The third-order valence-corrected chi connectivity index (χ3v) is 2.33. The van der Waals surface area contributed by atoms with E-state index in [4.69, 9.17) is 10.8 Å². The summed E-state index contributed by atoms with van der Waals surface area (Å²) in [6.07, 6.45) is 0. The highest BCUT2D eigenvalue weighted by molar-refractivity contribution is 5.96. The average Bonchev–Trinajstić information content (AvgIpc) is 2.63. The van der Waals surface area contributed by atoms with Crippen molar-refractivity contribution in [2.24, 2.45) is 11.8 Å². The molecule has 1 unspecified atom stereocenters. The predicted molar refractivity (Wildman–Crippen MR) is 57.0 cm³/mol. The summed E-state index contributed by atoms with van der Waals surface area (Å²) in [5, 5.41) is 17.9. The third kappa shape index (κ3) is 3.16. The molecule has 0 aromatic carbocycles. The molecule has 0 spiro atoms. The van der Waals surface area contributed by atoms with Crippen molar-refractivity contribution in [3.8, 4) is 0 Å². The number of aromatic nitrogens is 2. The second-order valence-corrected chi connectivity index (χ2v) is 3.90. The molecule has 8 nitrogen and oxygen atoms in total. The molecule has 94 valence electrons. The zero-order chi connectivity index (χ0) is 13.0. The average molecular weight is 242 g/mol. The first-order valence-electron chi connectivity index (χ1n) is 5.02. The van der Waals surface area contributed by atoms with E-state index in [1.807, 2.05) is 0 Å². The molecule has 0 fully saturated rings. The van der Waals surface area contributed by atoms with Gasteiger partial charge in [-0.05, 0) is 16.2 Å². The Bertz CT molecular complexity index is 415. The minimum Gasteiger partial charge on any atom is -0.481 e. The van der Waals surface area contributed by atoms with Crippen LogP contribution in [0.4, 0.5) is 5.82 Å². The number of amides is 1. The van der Waals surface area contributed by atoms with Gasteiger partial charge in [-0.1, -0.05) is 13.8 Å². The summed E-state index contributed by atoms with van der Waals surface area (Å²) in [6, 6.07) is 0. The van der Waals surface area contributed by atoms with E-state index in [1.54, 1.807) is 13.8 Å². The van der Waals surface area contributed by atoms with Crippen LogP contribution in [0.1, 0.15) is 24.3 Å². The van der Waals surface area contributed by atoms with Crippen molar-refractivity contribution in [3.05, 3.63) is 5.69 Å². The van der Waals surface area contributed by atoms with E-state index in [0.29, 0.717) is 0 Å². The lowest BCUT2D eigenvalue weighted by Gasteiger charge is -2.16. The normalized spacial score (nSPS) is 12.4. The van der Waals surface area contributed by atoms with Gasteiger partial charge in [-0.25, -0.2) is 4.63 Å². The van der Waals surface area contributed by atoms with Gasteiger partial charge in [0.05, 0.1) is 5.92 Å². The van der Waals surface area contributed by atoms with Crippen LogP contribution in [-0.2, 0) is 4.79 Å². The fourth-order valence-electron chi connectivity index (χ4n) is 1.25. The summed E-state index contributed by atoms with van der Waals surface area (Å²) >= 11 is 0. The zero-order valence-corrected chi connectivity index (χ0v) is 9.51. The molecule has 0 saturated carbocycles. The summed E-state index contributed by atoms with van der Waals surface area (Å²) in [7, 11) is 0. The Morgan fingerprint density at radius 2 is 2.12 bits per heavy atom. The van der Waals surface area contributed by atoms with Gasteiger partial charge in [0.1, 0.15) is 0 Å². The van der Waals surface area contributed by atoms with Crippen LogP contribution in [0.15, 0.2) is 4.63 Å². The maximum Gasteiger partial charge on any atom is 0.308 e. The molecular weight excluding hydrogens is 228 g/mol. The summed E-state index contributed by atoms with van der Waals surface area (Å²) < 4.78 is 4.27. The lowest BCUT2D eigenvalue weighted by atomic mass is 9.96. The molecule has 0 saturated heterocycles. The number of carbonyl (C=O) groups is 2. The highest BCUT2D eigenvalue weighted by Crippen LogP contribution is 2.10. The molecule has 17 heavy (non-hydrogen) atoms. The Hall–Kier alpha value is -2.12. The van der Waals surface area contributed by atoms with Gasteiger partial charge in [-0.15, -0.1) is 0 Å². The van der Waals surface area contributed by atoms with E-state index in [1.165, 1.54) is 0 Å². The molecule has 1 aromatic rings. The number of anilines is 1. The summed E-state index contributed by atoms with van der Waals surface area (Å²) in [5.74, 6) is -2.46. The second kappa shape index (κ2) is 5.28. The largest absolute Gasteiger partial charge is 0.481 e. The molecule has 0 aliphatic carbocycles. The van der Waals surface area contributed by atoms with Crippen LogP contribution in [0.25, 0.3) is 0 Å². The molecule has 1 aromatic heterocycles. The van der Waals surface area contributed by atoms with Crippen LogP contribution in [0.5, 0.6) is 0 Å². The number of nitrogens with zero attached hydrogens (tertiary/aromatic N) is 2. The number of hydrogen-bond acceptors (Lipinski definition) is 6. The van der Waals surface area contributed by atoms with Crippen LogP contribution in [0, 0.1) is 11.8 Å². The molecule has 1 amide bonds. The highest BCUT2D eigenvalue weighted by Gasteiger charge is 2.23. The number of carboxylic acid groups (broad SMARTS) is 1. The van der Waals surface area contributed by atoms with Crippen LogP contribution >= 0.6 is 0 Å². The monoisotopic (exact) mass is 242 g/mol. The molecule has 0 aliphatic heterocycles. The highest BCUT2D eigenvalue weighted by atomic mass is 16.6. The quantitative estimate of drug-likeness (QED) is 0.647. The van der Waals surface area contributed by atoms with Crippen molar-refractivity contribution >= 4 is 17.7 Å². The standard InChI is InChI=1S/C9H14N4O4/c1-4(2)5(9(15)16)3-11-8(14)6-7(10)13-17-12-6/h4-5H,3H2,1-2H3,(H2,10,13)(H,11,14)(H,15,16). The van der Waals surface area contributed by atoms with Gasteiger partial charge in [0.25, 0.3) is 5.91 Å². The molecule has 4 N–H and O–H groups in total. The van der Waals surface area contributed by atoms with Gasteiger partial charge >= 0.3 is 5.97 Å². The summed E-state index contributed by atoms with van der Waals surface area (Å²) in [6.45, 7) is 3.52. The van der Waals surface area contributed by atoms with E-state index in [9.17, 15) is 9.59 Å². The maximum atomic E-state index is 11.5. The van der Waals surface area contributed by atoms with E-state index in [2.05, 4.69) is 20.3 Å². The topological polar surface area (TPSA) is 131 Å². The smallest absolute Gasteiger partial charge is 0.308 e. The number of rotatable bonds is 5. The minimum atomic E-state index is -0.966. The van der Waals surface area contributed by atoms with Gasteiger partial charge in [0.2, 0.25) is 11.5 Å². The van der Waals surface area contributed by atoms with Crippen molar-refractivity contribution in [2.75, 3.05) is 12.3 Å². The number of nitrogens with one attached hydrogen (secondary N) is 1.